The minimum atomic E-state index is 0.387. The van der Waals surface area contributed by atoms with E-state index in [1.165, 1.54) is 44.3 Å². The molecule has 0 spiro atoms. The summed E-state index contributed by atoms with van der Waals surface area (Å²) in [5.74, 6) is 1.88. The van der Waals surface area contributed by atoms with Crippen molar-refractivity contribution in [2.24, 2.45) is 17.6 Å². The molecule has 2 N–H and O–H groups in total. The zero-order chi connectivity index (χ0) is 13.2. The minimum absolute atomic E-state index is 0.387. The first-order chi connectivity index (χ1) is 9.20. The maximum absolute atomic E-state index is 5.65. The molecule has 1 heterocycles. The normalized spacial score (nSPS) is 18.8. The van der Waals surface area contributed by atoms with Crippen LogP contribution in [0.1, 0.15) is 36.9 Å². The molecular formula is C15H21N3S. The lowest BCUT2D eigenvalue weighted by atomic mass is 10.2. The van der Waals surface area contributed by atoms with E-state index in [0.29, 0.717) is 4.99 Å². The van der Waals surface area contributed by atoms with E-state index in [1.54, 1.807) is 0 Å². The number of pyridine rings is 1. The van der Waals surface area contributed by atoms with Crippen LogP contribution in [0.3, 0.4) is 0 Å². The van der Waals surface area contributed by atoms with Crippen LogP contribution in [0.2, 0.25) is 0 Å². The second kappa shape index (κ2) is 5.55. The lowest BCUT2D eigenvalue weighted by Crippen LogP contribution is -2.28. The Hall–Kier alpha value is -1.00. The third-order valence-electron chi connectivity index (χ3n) is 3.91. The van der Waals surface area contributed by atoms with Crippen molar-refractivity contribution in [2.75, 3.05) is 13.1 Å². The standard InChI is InChI=1S/C15H21N3S/c16-15(19)14-7-13(5-6-17-14)10-18(8-11-1-2-11)9-12-3-4-12/h5-7,11-12H,1-4,8-10H2,(H2,16,19). The summed E-state index contributed by atoms with van der Waals surface area (Å²) in [6, 6.07) is 4.11. The van der Waals surface area contributed by atoms with Gasteiger partial charge in [0.2, 0.25) is 0 Å². The molecule has 1 aromatic rings. The zero-order valence-corrected chi connectivity index (χ0v) is 12.0. The minimum Gasteiger partial charge on any atom is -0.388 e. The van der Waals surface area contributed by atoms with Crippen molar-refractivity contribution in [3.05, 3.63) is 29.6 Å². The largest absolute Gasteiger partial charge is 0.388 e. The SMILES string of the molecule is NC(=S)c1cc(CN(CC2CC2)CC2CC2)ccn1. The number of hydrogen-bond acceptors (Lipinski definition) is 3. The number of hydrogen-bond donors (Lipinski definition) is 1. The fourth-order valence-electron chi connectivity index (χ4n) is 2.50. The van der Waals surface area contributed by atoms with Crippen molar-refractivity contribution in [2.45, 2.75) is 32.2 Å². The van der Waals surface area contributed by atoms with Crippen molar-refractivity contribution in [3.63, 3.8) is 0 Å². The lowest BCUT2D eigenvalue weighted by Gasteiger charge is -2.22. The van der Waals surface area contributed by atoms with Gasteiger partial charge in [0.15, 0.2) is 0 Å². The number of aromatic nitrogens is 1. The summed E-state index contributed by atoms with van der Waals surface area (Å²) >= 11 is 5.00. The fourth-order valence-corrected chi connectivity index (χ4v) is 2.61. The number of thiocarbonyl (C=S) groups is 1. The van der Waals surface area contributed by atoms with Crippen molar-refractivity contribution >= 4 is 17.2 Å². The van der Waals surface area contributed by atoms with E-state index in [0.717, 1.165) is 24.1 Å². The molecule has 4 heteroatoms. The van der Waals surface area contributed by atoms with Gasteiger partial charge in [0.05, 0.1) is 5.69 Å². The van der Waals surface area contributed by atoms with Gasteiger partial charge in [-0.05, 0) is 55.2 Å². The third kappa shape index (κ3) is 3.98. The summed E-state index contributed by atoms with van der Waals surface area (Å²) in [6.45, 7) is 3.51. The molecule has 0 aliphatic heterocycles. The molecule has 19 heavy (non-hydrogen) atoms. The molecule has 0 radical (unpaired) electrons. The Morgan fingerprint density at radius 1 is 1.26 bits per heavy atom. The van der Waals surface area contributed by atoms with Crippen LogP contribution in [0.25, 0.3) is 0 Å². The van der Waals surface area contributed by atoms with E-state index in [2.05, 4.69) is 16.0 Å². The maximum Gasteiger partial charge on any atom is 0.122 e. The Morgan fingerprint density at radius 2 is 1.89 bits per heavy atom. The zero-order valence-electron chi connectivity index (χ0n) is 11.2. The van der Waals surface area contributed by atoms with Crippen LogP contribution in [0, 0.1) is 11.8 Å². The number of rotatable bonds is 7. The van der Waals surface area contributed by atoms with Gasteiger partial charge in [-0.15, -0.1) is 0 Å². The highest BCUT2D eigenvalue weighted by Crippen LogP contribution is 2.34. The second-order valence-corrected chi connectivity index (χ2v) is 6.43. The Bertz CT molecular complexity index is 452. The highest BCUT2D eigenvalue weighted by Gasteiger charge is 2.29. The van der Waals surface area contributed by atoms with Gasteiger partial charge in [-0.1, -0.05) is 12.2 Å². The molecule has 0 atom stereocenters. The molecule has 102 valence electrons. The molecule has 0 amide bonds. The van der Waals surface area contributed by atoms with Crippen LogP contribution < -0.4 is 5.73 Å². The Labute approximate surface area is 120 Å². The lowest BCUT2D eigenvalue weighted by molar-refractivity contribution is 0.244. The van der Waals surface area contributed by atoms with E-state index in [-0.39, 0.29) is 0 Å². The van der Waals surface area contributed by atoms with Crippen molar-refractivity contribution in [1.29, 1.82) is 0 Å². The molecule has 2 saturated carbocycles. The molecule has 2 fully saturated rings. The molecule has 1 aromatic heterocycles. The first-order valence-corrected chi connectivity index (χ1v) is 7.58. The van der Waals surface area contributed by atoms with E-state index >= 15 is 0 Å². The molecular weight excluding hydrogens is 254 g/mol. The van der Waals surface area contributed by atoms with E-state index < -0.39 is 0 Å². The van der Waals surface area contributed by atoms with Gasteiger partial charge in [-0.2, -0.15) is 0 Å². The van der Waals surface area contributed by atoms with Crippen LogP contribution >= 0.6 is 12.2 Å². The van der Waals surface area contributed by atoms with Crippen LogP contribution in [0.5, 0.6) is 0 Å². The van der Waals surface area contributed by atoms with Gasteiger partial charge in [-0.25, -0.2) is 0 Å². The summed E-state index contributed by atoms with van der Waals surface area (Å²) in [4.78, 5) is 7.20. The predicted molar refractivity (Wildman–Crippen MR) is 80.8 cm³/mol. The van der Waals surface area contributed by atoms with E-state index in [4.69, 9.17) is 18.0 Å². The summed E-state index contributed by atoms with van der Waals surface area (Å²) in [5, 5.41) is 0. The third-order valence-corrected chi connectivity index (χ3v) is 4.12. The smallest absolute Gasteiger partial charge is 0.122 e. The average Bonchev–Trinajstić information content (AvgIpc) is 3.25. The average molecular weight is 275 g/mol. The first-order valence-electron chi connectivity index (χ1n) is 7.18. The molecule has 3 rings (SSSR count). The second-order valence-electron chi connectivity index (χ2n) is 5.99. The maximum atomic E-state index is 5.65. The fraction of sp³-hybridized carbons (Fsp3) is 0.600. The number of nitrogens with zero attached hydrogens (tertiary/aromatic N) is 2. The predicted octanol–water partition coefficient (Wildman–Crippen LogP) is 2.34. The molecule has 2 aliphatic rings. The van der Waals surface area contributed by atoms with Crippen LogP contribution in [0.4, 0.5) is 0 Å². The quantitative estimate of drug-likeness (QED) is 0.776. The monoisotopic (exact) mass is 275 g/mol. The molecule has 0 saturated heterocycles. The van der Waals surface area contributed by atoms with Gasteiger partial charge in [0.25, 0.3) is 0 Å². The molecule has 2 aliphatic carbocycles. The Morgan fingerprint density at radius 3 is 2.42 bits per heavy atom. The van der Waals surface area contributed by atoms with Crippen LogP contribution in [-0.4, -0.2) is 28.0 Å². The summed E-state index contributed by atoms with van der Waals surface area (Å²) < 4.78 is 0. The van der Waals surface area contributed by atoms with Gasteiger partial charge >= 0.3 is 0 Å². The van der Waals surface area contributed by atoms with E-state index in [9.17, 15) is 0 Å². The molecule has 0 bridgehead atoms. The topological polar surface area (TPSA) is 42.1 Å². The number of nitrogens with two attached hydrogens (primary N) is 1. The Balaban J connectivity index is 1.65. The highest BCUT2D eigenvalue weighted by molar-refractivity contribution is 7.80. The van der Waals surface area contributed by atoms with Crippen molar-refractivity contribution in [1.82, 2.24) is 9.88 Å². The molecule has 3 nitrogen and oxygen atoms in total. The first kappa shape index (κ1) is 13.0. The van der Waals surface area contributed by atoms with Crippen molar-refractivity contribution in [3.8, 4) is 0 Å². The van der Waals surface area contributed by atoms with E-state index in [1.807, 2.05) is 12.3 Å². The molecule has 0 aromatic carbocycles. The summed E-state index contributed by atoms with van der Waals surface area (Å²) in [6.07, 6.45) is 7.47. The van der Waals surface area contributed by atoms with Gasteiger partial charge < -0.3 is 5.73 Å². The molecule has 0 unspecified atom stereocenters. The highest BCUT2D eigenvalue weighted by atomic mass is 32.1. The van der Waals surface area contributed by atoms with Gasteiger partial charge in [0.1, 0.15) is 4.99 Å². The Kier molecular flexibility index (Phi) is 3.80. The van der Waals surface area contributed by atoms with Gasteiger partial charge in [-0.3, -0.25) is 9.88 Å². The van der Waals surface area contributed by atoms with Crippen molar-refractivity contribution < 1.29 is 0 Å². The summed E-state index contributed by atoms with van der Waals surface area (Å²) in [5.41, 5.74) is 7.67. The summed E-state index contributed by atoms with van der Waals surface area (Å²) in [7, 11) is 0. The van der Waals surface area contributed by atoms with Crippen LogP contribution in [0.15, 0.2) is 18.3 Å². The van der Waals surface area contributed by atoms with Gasteiger partial charge in [0, 0.05) is 25.8 Å². The van der Waals surface area contributed by atoms with Crippen LogP contribution in [-0.2, 0) is 6.54 Å².